The highest BCUT2D eigenvalue weighted by Gasteiger charge is 2.21. The fourth-order valence-corrected chi connectivity index (χ4v) is 3.75. The molecule has 0 aromatic heterocycles. The summed E-state index contributed by atoms with van der Waals surface area (Å²) in [4.78, 5) is 15.2. The summed E-state index contributed by atoms with van der Waals surface area (Å²) in [5.41, 5.74) is 1.45. The molecule has 0 aliphatic rings. The fraction of sp³-hybridized carbons (Fsp3) is 0.292. The maximum absolute atomic E-state index is 13.4. The summed E-state index contributed by atoms with van der Waals surface area (Å²) in [6, 6.07) is 20.6. The predicted octanol–water partition coefficient (Wildman–Crippen LogP) is 5.01. The standard InChI is InChI=1S/C24H27NO4S/c1-4-18(3)25(17-19-9-8-12-23(15-19)29-30(27,28)5-2)24(26)22-14-13-20-10-6-7-11-21(20)16-22/h6-16,18H,4-5,17H2,1-3H3. The van der Waals surface area contributed by atoms with Crippen molar-refractivity contribution in [2.24, 2.45) is 0 Å². The van der Waals surface area contributed by atoms with Crippen LogP contribution in [0.1, 0.15) is 43.1 Å². The summed E-state index contributed by atoms with van der Waals surface area (Å²) in [5.74, 6) is 0.107. The van der Waals surface area contributed by atoms with Gasteiger partial charge in [0.05, 0.1) is 5.75 Å². The van der Waals surface area contributed by atoms with Gasteiger partial charge in [-0.2, -0.15) is 8.42 Å². The number of hydrogen-bond donors (Lipinski definition) is 0. The van der Waals surface area contributed by atoms with Crippen LogP contribution in [0.15, 0.2) is 66.7 Å². The van der Waals surface area contributed by atoms with Crippen molar-refractivity contribution < 1.29 is 17.4 Å². The Hall–Kier alpha value is -2.86. The number of hydrogen-bond acceptors (Lipinski definition) is 4. The van der Waals surface area contributed by atoms with Gasteiger partial charge < -0.3 is 9.08 Å². The van der Waals surface area contributed by atoms with Crippen LogP contribution in [0.4, 0.5) is 0 Å². The van der Waals surface area contributed by atoms with Gasteiger partial charge in [-0.1, -0.05) is 49.4 Å². The molecule has 1 atom stereocenters. The highest BCUT2D eigenvalue weighted by Crippen LogP contribution is 2.22. The molecule has 0 heterocycles. The Morgan fingerprint density at radius 2 is 1.70 bits per heavy atom. The molecule has 0 spiro atoms. The van der Waals surface area contributed by atoms with Gasteiger partial charge in [-0.3, -0.25) is 4.79 Å². The molecule has 0 saturated carbocycles. The van der Waals surface area contributed by atoms with E-state index in [4.69, 9.17) is 4.18 Å². The first-order valence-corrected chi connectivity index (χ1v) is 11.7. The van der Waals surface area contributed by atoms with Gasteiger partial charge in [-0.15, -0.1) is 0 Å². The number of fused-ring (bicyclic) bond motifs is 1. The molecule has 1 unspecified atom stereocenters. The van der Waals surface area contributed by atoms with Gasteiger partial charge in [0.25, 0.3) is 5.91 Å². The van der Waals surface area contributed by atoms with E-state index in [0.29, 0.717) is 12.1 Å². The summed E-state index contributed by atoms with van der Waals surface area (Å²) in [6.07, 6.45) is 0.805. The van der Waals surface area contributed by atoms with Crippen molar-refractivity contribution in [3.8, 4) is 5.75 Å². The molecule has 0 radical (unpaired) electrons. The maximum atomic E-state index is 13.4. The van der Waals surface area contributed by atoms with Crippen molar-refractivity contribution in [1.29, 1.82) is 0 Å². The first-order chi connectivity index (χ1) is 14.3. The normalized spacial score (nSPS) is 12.5. The molecule has 0 saturated heterocycles. The molecule has 3 rings (SSSR count). The van der Waals surface area contributed by atoms with E-state index in [0.717, 1.165) is 22.8 Å². The smallest absolute Gasteiger partial charge is 0.308 e. The second-order valence-electron chi connectivity index (χ2n) is 7.33. The number of benzene rings is 3. The lowest BCUT2D eigenvalue weighted by atomic mass is 10.0. The molecular formula is C24H27NO4S. The highest BCUT2D eigenvalue weighted by molar-refractivity contribution is 7.87. The number of nitrogens with zero attached hydrogens (tertiary/aromatic N) is 1. The Balaban J connectivity index is 1.88. The van der Waals surface area contributed by atoms with E-state index in [9.17, 15) is 13.2 Å². The minimum absolute atomic E-state index is 0.0212. The van der Waals surface area contributed by atoms with Crippen molar-refractivity contribution in [1.82, 2.24) is 4.90 Å². The Bertz CT molecular complexity index is 1140. The molecule has 0 bridgehead atoms. The third kappa shape index (κ3) is 5.19. The minimum atomic E-state index is -3.60. The second kappa shape index (κ2) is 9.30. The zero-order chi connectivity index (χ0) is 21.7. The van der Waals surface area contributed by atoms with E-state index < -0.39 is 10.1 Å². The Morgan fingerprint density at radius 3 is 2.40 bits per heavy atom. The first-order valence-electron chi connectivity index (χ1n) is 10.1. The Morgan fingerprint density at radius 1 is 0.967 bits per heavy atom. The molecule has 0 aliphatic carbocycles. The zero-order valence-corrected chi connectivity index (χ0v) is 18.4. The third-order valence-corrected chi connectivity index (χ3v) is 6.36. The van der Waals surface area contributed by atoms with E-state index in [-0.39, 0.29) is 23.5 Å². The van der Waals surface area contributed by atoms with Crippen molar-refractivity contribution in [2.75, 3.05) is 5.75 Å². The molecule has 5 nitrogen and oxygen atoms in total. The van der Waals surface area contributed by atoms with E-state index in [1.165, 1.54) is 6.92 Å². The van der Waals surface area contributed by atoms with Crippen LogP contribution in [0.25, 0.3) is 10.8 Å². The SMILES string of the molecule is CCC(C)N(Cc1cccc(OS(=O)(=O)CC)c1)C(=O)c1ccc2ccccc2c1. The summed E-state index contributed by atoms with van der Waals surface area (Å²) >= 11 is 0. The summed E-state index contributed by atoms with van der Waals surface area (Å²) < 4.78 is 28.7. The van der Waals surface area contributed by atoms with Gasteiger partial charge in [0.15, 0.2) is 0 Å². The molecule has 158 valence electrons. The van der Waals surface area contributed by atoms with Crippen molar-refractivity contribution >= 4 is 26.8 Å². The molecule has 1 amide bonds. The van der Waals surface area contributed by atoms with E-state index >= 15 is 0 Å². The largest absolute Gasteiger partial charge is 0.382 e. The van der Waals surface area contributed by atoms with Crippen LogP contribution >= 0.6 is 0 Å². The molecule has 6 heteroatoms. The average Bonchev–Trinajstić information content (AvgIpc) is 2.76. The van der Waals surface area contributed by atoms with E-state index in [2.05, 4.69) is 0 Å². The second-order valence-corrected chi connectivity index (χ2v) is 9.19. The quantitative estimate of drug-likeness (QED) is 0.476. The maximum Gasteiger partial charge on any atom is 0.308 e. The van der Waals surface area contributed by atoms with Gasteiger partial charge in [0.2, 0.25) is 0 Å². The molecular weight excluding hydrogens is 398 g/mol. The highest BCUT2D eigenvalue weighted by atomic mass is 32.2. The van der Waals surface area contributed by atoms with Crippen LogP contribution < -0.4 is 4.18 Å². The van der Waals surface area contributed by atoms with Crippen LogP contribution in [0, 0.1) is 0 Å². The number of rotatable bonds is 8. The van der Waals surface area contributed by atoms with Crippen LogP contribution in [-0.2, 0) is 16.7 Å². The predicted molar refractivity (Wildman–Crippen MR) is 120 cm³/mol. The van der Waals surface area contributed by atoms with Gasteiger partial charge >= 0.3 is 10.1 Å². The zero-order valence-electron chi connectivity index (χ0n) is 17.5. The minimum Gasteiger partial charge on any atom is -0.382 e. The average molecular weight is 426 g/mol. The lowest BCUT2D eigenvalue weighted by Crippen LogP contribution is -2.37. The molecule has 0 N–H and O–H groups in total. The van der Waals surface area contributed by atoms with Crippen LogP contribution in [0.3, 0.4) is 0 Å². The van der Waals surface area contributed by atoms with Gasteiger partial charge in [0.1, 0.15) is 5.75 Å². The summed E-state index contributed by atoms with van der Waals surface area (Å²) in [7, 11) is -3.60. The van der Waals surface area contributed by atoms with Crippen molar-refractivity contribution in [2.45, 2.75) is 39.8 Å². The third-order valence-electron chi connectivity index (χ3n) is 5.21. The van der Waals surface area contributed by atoms with Crippen LogP contribution in [-0.4, -0.2) is 31.0 Å². The van der Waals surface area contributed by atoms with Crippen molar-refractivity contribution in [3.63, 3.8) is 0 Å². The lowest BCUT2D eigenvalue weighted by molar-refractivity contribution is 0.0671. The number of carbonyl (C=O) groups is 1. The summed E-state index contributed by atoms with van der Waals surface area (Å²) in [5, 5.41) is 2.11. The van der Waals surface area contributed by atoms with Crippen molar-refractivity contribution in [3.05, 3.63) is 77.9 Å². The molecule has 3 aromatic rings. The van der Waals surface area contributed by atoms with Gasteiger partial charge in [0, 0.05) is 18.2 Å². The van der Waals surface area contributed by atoms with Gasteiger partial charge in [-0.25, -0.2) is 0 Å². The monoisotopic (exact) mass is 425 g/mol. The first kappa shape index (κ1) is 21.8. The Labute approximate surface area is 178 Å². The van der Waals surface area contributed by atoms with E-state index in [1.54, 1.807) is 18.2 Å². The molecule has 30 heavy (non-hydrogen) atoms. The molecule has 0 aliphatic heterocycles. The van der Waals surface area contributed by atoms with Crippen LogP contribution in [0.5, 0.6) is 5.75 Å². The van der Waals surface area contributed by atoms with E-state index in [1.807, 2.05) is 67.3 Å². The lowest BCUT2D eigenvalue weighted by Gasteiger charge is -2.29. The fourth-order valence-electron chi connectivity index (χ4n) is 3.23. The Kier molecular flexibility index (Phi) is 6.77. The number of amides is 1. The topological polar surface area (TPSA) is 63.7 Å². The molecule has 3 aromatic carbocycles. The number of carbonyl (C=O) groups excluding carboxylic acids is 1. The van der Waals surface area contributed by atoms with Gasteiger partial charge in [-0.05, 0) is 60.9 Å². The van der Waals surface area contributed by atoms with Crippen LogP contribution in [0.2, 0.25) is 0 Å². The summed E-state index contributed by atoms with van der Waals surface area (Å²) in [6.45, 7) is 5.95. The molecule has 0 fully saturated rings.